The third kappa shape index (κ3) is 7.60. The quantitative estimate of drug-likeness (QED) is 0.273. The summed E-state index contributed by atoms with van der Waals surface area (Å²) >= 11 is 0. The van der Waals surface area contributed by atoms with Crippen LogP contribution in [-0.2, 0) is 0 Å². The molecule has 1 saturated carbocycles. The average Bonchev–Trinajstić information content (AvgIpc) is 2.83. The van der Waals surface area contributed by atoms with Gasteiger partial charge in [0, 0.05) is 11.1 Å². The number of hydrogen-bond acceptors (Lipinski definition) is 1. The van der Waals surface area contributed by atoms with Crippen LogP contribution in [0, 0.1) is 29.4 Å². The van der Waals surface area contributed by atoms with Gasteiger partial charge in [-0.05, 0) is 87.1 Å². The lowest BCUT2D eigenvalue weighted by atomic mass is 9.78. The van der Waals surface area contributed by atoms with Crippen LogP contribution >= 0.6 is 0 Å². The zero-order valence-corrected chi connectivity index (χ0v) is 20.4. The first-order valence-corrected chi connectivity index (χ1v) is 12.8. The van der Waals surface area contributed by atoms with Gasteiger partial charge >= 0.3 is 0 Å². The molecule has 1 atom stereocenters. The van der Waals surface area contributed by atoms with Crippen molar-refractivity contribution in [3.63, 3.8) is 0 Å². The van der Waals surface area contributed by atoms with Gasteiger partial charge in [0.25, 0.3) is 0 Å². The van der Waals surface area contributed by atoms with E-state index in [1.807, 2.05) is 19.1 Å². The van der Waals surface area contributed by atoms with E-state index in [0.29, 0.717) is 11.5 Å². The lowest BCUT2D eigenvalue weighted by molar-refractivity contribution is 0.188. The molecule has 0 amide bonds. The highest BCUT2D eigenvalue weighted by atomic mass is 19.1. The van der Waals surface area contributed by atoms with Gasteiger partial charge in [-0.2, -0.15) is 0 Å². The molecule has 33 heavy (non-hydrogen) atoms. The molecule has 2 aromatic carbocycles. The van der Waals surface area contributed by atoms with Gasteiger partial charge in [-0.1, -0.05) is 63.5 Å². The molecule has 0 heterocycles. The summed E-state index contributed by atoms with van der Waals surface area (Å²) in [7, 11) is 0. The lowest BCUT2D eigenvalue weighted by Gasteiger charge is -2.28. The van der Waals surface area contributed by atoms with E-state index in [-0.39, 0.29) is 11.9 Å². The Kier molecular flexibility index (Phi) is 9.79. The van der Waals surface area contributed by atoms with Crippen molar-refractivity contribution in [3.05, 3.63) is 64.7 Å². The molecule has 1 fully saturated rings. The highest BCUT2D eigenvalue weighted by molar-refractivity contribution is 5.46. The normalized spacial score (nSPS) is 18.9. The largest absolute Gasteiger partial charge is 0.485 e. The second kappa shape index (κ2) is 12.8. The molecule has 0 radical (unpaired) electrons. The van der Waals surface area contributed by atoms with Crippen LogP contribution in [0.1, 0.15) is 108 Å². The van der Waals surface area contributed by atoms with E-state index in [1.165, 1.54) is 56.2 Å². The van der Waals surface area contributed by atoms with Gasteiger partial charge in [0.2, 0.25) is 0 Å². The zero-order chi connectivity index (χ0) is 23.6. The van der Waals surface area contributed by atoms with Crippen molar-refractivity contribution in [3.8, 4) is 17.6 Å². The van der Waals surface area contributed by atoms with Crippen molar-refractivity contribution in [2.75, 3.05) is 0 Å². The van der Waals surface area contributed by atoms with E-state index in [4.69, 9.17) is 4.74 Å². The minimum atomic E-state index is -0.697. The Morgan fingerprint density at radius 2 is 1.52 bits per heavy atom. The van der Waals surface area contributed by atoms with Crippen molar-refractivity contribution in [2.45, 2.75) is 97.0 Å². The topological polar surface area (TPSA) is 9.23 Å². The summed E-state index contributed by atoms with van der Waals surface area (Å²) in [6.45, 7) is 6.30. The molecule has 1 nitrogen and oxygen atoms in total. The molecule has 0 bridgehead atoms. The van der Waals surface area contributed by atoms with Crippen LogP contribution in [0.2, 0.25) is 0 Å². The third-order valence-electron chi connectivity index (χ3n) is 6.94. The lowest BCUT2D eigenvalue weighted by Crippen LogP contribution is -2.13. The molecule has 3 heteroatoms. The molecule has 1 aliphatic carbocycles. The number of rotatable bonds is 9. The molecule has 3 rings (SSSR count). The molecule has 0 aromatic heterocycles. The molecule has 0 saturated heterocycles. The van der Waals surface area contributed by atoms with Crippen LogP contribution in [-0.4, -0.2) is 6.10 Å². The average molecular weight is 453 g/mol. The molecule has 0 unspecified atom stereocenters. The fourth-order valence-corrected chi connectivity index (χ4v) is 4.75. The number of unbranched alkanes of at least 4 members (excludes halogenated alkanes) is 3. The summed E-state index contributed by atoms with van der Waals surface area (Å²) in [4.78, 5) is 0. The molecule has 0 spiro atoms. The monoisotopic (exact) mass is 452 g/mol. The zero-order valence-electron chi connectivity index (χ0n) is 20.4. The summed E-state index contributed by atoms with van der Waals surface area (Å²) in [5.41, 5.74) is 2.54. The first-order valence-electron chi connectivity index (χ1n) is 12.8. The smallest absolute Gasteiger partial charge is 0.191 e. The highest BCUT2D eigenvalue weighted by Gasteiger charge is 2.21. The Morgan fingerprint density at radius 1 is 0.879 bits per heavy atom. The van der Waals surface area contributed by atoms with Crippen molar-refractivity contribution < 1.29 is 13.5 Å². The summed E-state index contributed by atoms with van der Waals surface area (Å²) in [6.07, 6.45) is 11.4. The van der Waals surface area contributed by atoms with Crippen LogP contribution < -0.4 is 4.74 Å². The summed E-state index contributed by atoms with van der Waals surface area (Å²) < 4.78 is 34.6. The Morgan fingerprint density at radius 3 is 2.12 bits per heavy atom. The van der Waals surface area contributed by atoms with Gasteiger partial charge in [0.05, 0.1) is 6.10 Å². The highest BCUT2D eigenvalue weighted by Crippen LogP contribution is 2.36. The van der Waals surface area contributed by atoms with E-state index in [9.17, 15) is 8.78 Å². The SMILES string of the molecule is CCCCCC[C@H](C)Oc1c(F)cc(C#Cc2ccc(C3CCC(CC)CC3)cc2)cc1F. The van der Waals surface area contributed by atoms with Crippen LogP contribution in [0.4, 0.5) is 8.78 Å². The number of ether oxygens (including phenoxy) is 1. The van der Waals surface area contributed by atoms with E-state index in [2.05, 4.69) is 37.8 Å². The third-order valence-corrected chi connectivity index (χ3v) is 6.94. The van der Waals surface area contributed by atoms with Crippen LogP contribution in [0.25, 0.3) is 0 Å². The van der Waals surface area contributed by atoms with E-state index in [1.54, 1.807) is 0 Å². The maximum absolute atomic E-state index is 14.5. The van der Waals surface area contributed by atoms with Crippen molar-refractivity contribution >= 4 is 0 Å². The van der Waals surface area contributed by atoms with Crippen molar-refractivity contribution in [1.82, 2.24) is 0 Å². The van der Waals surface area contributed by atoms with E-state index in [0.717, 1.165) is 37.2 Å². The fraction of sp³-hybridized carbons (Fsp3) is 0.533. The van der Waals surface area contributed by atoms with Crippen molar-refractivity contribution in [2.24, 2.45) is 5.92 Å². The standard InChI is InChI=1S/C30H38F2O/c1-4-6-7-8-9-22(3)33-30-28(31)20-25(21-29(30)32)11-10-24-14-18-27(19-15-24)26-16-12-23(5-2)13-17-26/h14-15,18-23,26H,4-9,12-13,16-17H2,1-3H3/t22-,23?,26?/m0/s1. The Hall–Kier alpha value is -2.34. The molecular formula is C30H38F2O. The maximum atomic E-state index is 14.5. The molecule has 0 aliphatic heterocycles. The first kappa shape index (κ1) is 25.3. The molecule has 1 aliphatic rings. The van der Waals surface area contributed by atoms with Gasteiger partial charge in [-0.15, -0.1) is 0 Å². The Labute approximate surface area is 198 Å². The second-order valence-corrected chi connectivity index (χ2v) is 9.54. The van der Waals surface area contributed by atoms with Crippen LogP contribution in [0.3, 0.4) is 0 Å². The summed E-state index contributed by atoms with van der Waals surface area (Å²) in [6, 6.07) is 10.9. The summed E-state index contributed by atoms with van der Waals surface area (Å²) in [5.74, 6) is 5.77. The minimum absolute atomic E-state index is 0.224. The van der Waals surface area contributed by atoms with E-state index < -0.39 is 11.6 Å². The molecule has 2 aromatic rings. The second-order valence-electron chi connectivity index (χ2n) is 9.54. The van der Waals surface area contributed by atoms with Crippen molar-refractivity contribution in [1.29, 1.82) is 0 Å². The number of benzene rings is 2. The maximum Gasteiger partial charge on any atom is 0.191 e. The van der Waals surface area contributed by atoms with Crippen LogP contribution in [0.5, 0.6) is 5.75 Å². The number of hydrogen-bond donors (Lipinski definition) is 0. The van der Waals surface area contributed by atoms with Gasteiger partial charge in [0.15, 0.2) is 17.4 Å². The molecule has 178 valence electrons. The first-order chi connectivity index (χ1) is 16.0. The van der Waals surface area contributed by atoms with E-state index >= 15 is 0 Å². The van der Waals surface area contributed by atoms with Gasteiger partial charge in [-0.3, -0.25) is 0 Å². The van der Waals surface area contributed by atoms with Gasteiger partial charge in [0.1, 0.15) is 0 Å². The minimum Gasteiger partial charge on any atom is -0.485 e. The predicted molar refractivity (Wildman–Crippen MR) is 133 cm³/mol. The number of halogens is 2. The molecule has 0 N–H and O–H groups in total. The van der Waals surface area contributed by atoms with Gasteiger partial charge < -0.3 is 4.74 Å². The Balaban J connectivity index is 1.60. The molecular weight excluding hydrogens is 414 g/mol. The Bertz CT molecular complexity index is 907. The van der Waals surface area contributed by atoms with Crippen LogP contribution in [0.15, 0.2) is 36.4 Å². The van der Waals surface area contributed by atoms with Gasteiger partial charge in [-0.25, -0.2) is 8.78 Å². The fourth-order valence-electron chi connectivity index (χ4n) is 4.75. The summed E-state index contributed by atoms with van der Waals surface area (Å²) in [5, 5.41) is 0. The predicted octanol–water partition coefficient (Wildman–Crippen LogP) is 8.79.